The molecule has 0 aromatic carbocycles. The molecule has 0 aliphatic carbocycles. The normalized spacial score (nSPS) is 4.83. The van der Waals surface area contributed by atoms with Gasteiger partial charge in [-0.1, -0.05) is 0 Å². The Kier molecular flexibility index (Phi) is 42.8. The van der Waals surface area contributed by atoms with Crippen LogP contribution in [0.4, 0.5) is 0 Å². The number of carboxylic acids is 2. The van der Waals surface area contributed by atoms with Crippen LogP contribution in [-0.4, -0.2) is 11.9 Å². The van der Waals surface area contributed by atoms with E-state index in [0.717, 1.165) is 13.8 Å². The first-order valence-electron chi connectivity index (χ1n) is 2.22. The Bertz CT molecular complexity index is 132. The molecule has 1 radical (unpaired) electrons. The predicted octanol–water partition coefficient (Wildman–Crippen LogP) is -2.73. The van der Waals surface area contributed by atoms with Crippen molar-refractivity contribution >= 4 is 11.9 Å². The average molecular weight is 585 g/mol. The Labute approximate surface area is 99.5 Å². The zero-order valence-corrected chi connectivity index (χ0v) is 12.6. The van der Waals surface area contributed by atoms with E-state index in [1.54, 1.807) is 0 Å². The van der Waals surface area contributed by atoms with Crippen LogP contribution in [0.5, 0.6) is 0 Å². The number of hydrogen-bond donors (Lipinski definition) is 0. The Morgan fingerprint density at radius 1 is 1.00 bits per heavy atom. The van der Waals surface area contributed by atoms with Crippen LogP contribution in [0.25, 0.3) is 0 Å². The van der Waals surface area contributed by atoms with Crippen molar-refractivity contribution < 1.29 is 74.5 Å². The van der Waals surface area contributed by atoms with Gasteiger partial charge in [0.05, 0.1) is 0 Å². The zero-order chi connectivity index (χ0) is 9.86. The molecule has 73 valence electrons. The van der Waals surface area contributed by atoms with Gasteiger partial charge in [-0.15, -0.1) is 0 Å². The maximum absolute atomic E-state index is 8.89. The van der Waals surface area contributed by atoms with Crippen molar-refractivity contribution in [1.29, 1.82) is 0 Å². The molecular formula is C4H6AuO6U. The van der Waals surface area contributed by atoms with Gasteiger partial charge >= 0.3 is 32.3 Å². The fraction of sp³-hybridized carbons (Fsp3) is 0.500. The Hall–Kier alpha value is 0.332. The van der Waals surface area contributed by atoms with Crippen LogP contribution >= 0.6 is 0 Å². The van der Waals surface area contributed by atoms with Crippen molar-refractivity contribution in [2.75, 3.05) is 0 Å². The average Bonchev–Trinajstić information content (AvgIpc) is 1.60. The van der Waals surface area contributed by atoms with E-state index < -0.39 is 39.8 Å². The molecule has 0 saturated carbocycles. The molecule has 12 heavy (non-hydrogen) atoms. The van der Waals surface area contributed by atoms with Crippen molar-refractivity contribution in [2.24, 2.45) is 0 Å². The third-order valence-corrected chi connectivity index (χ3v) is 0. The number of carbonyl (C=O) groups excluding carboxylic acids is 2. The van der Waals surface area contributed by atoms with Gasteiger partial charge in [-0.25, -0.2) is 0 Å². The second-order valence-electron chi connectivity index (χ2n) is 1.07. The predicted molar refractivity (Wildman–Crippen MR) is 22.7 cm³/mol. The molecule has 0 aromatic rings. The molecule has 0 saturated heterocycles. The summed E-state index contributed by atoms with van der Waals surface area (Å²) in [4.78, 5) is 17.8. The summed E-state index contributed by atoms with van der Waals surface area (Å²) < 4.78 is 17.2. The van der Waals surface area contributed by atoms with Crippen LogP contribution in [0.15, 0.2) is 0 Å². The van der Waals surface area contributed by atoms with E-state index in [1.807, 2.05) is 0 Å². The van der Waals surface area contributed by atoms with Gasteiger partial charge in [0.2, 0.25) is 0 Å². The SMILES string of the molecule is CC(=O)[O-].CC(=O)[O-].[Au].[O]=[U+2]=[O]. The first-order chi connectivity index (χ1) is 4.88. The molecule has 0 unspecified atom stereocenters. The van der Waals surface area contributed by atoms with Crippen LogP contribution < -0.4 is 10.2 Å². The van der Waals surface area contributed by atoms with Gasteiger partial charge in [0.15, 0.2) is 0 Å². The molecule has 0 spiro atoms. The van der Waals surface area contributed by atoms with E-state index in [0.29, 0.717) is 0 Å². The number of hydrogen-bond acceptors (Lipinski definition) is 6. The van der Waals surface area contributed by atoms with Crippen molar-refractivity contribution in [3.8, 4) is 0 Å². The van der Waals surface area contributed by atoms with Crippen LogP contribution in [0.1, 0.15) is 13.8 Å². The summed E-state index contributed by atoms with van der Waals surface area (Å²) >= 11 is -2.51. The topological polar surface area (TPSA) is 114 Å². The van der Waals surface area contributed by atoms with Crippen LogP contribution in [-0.2, 0) is 36.4 Å². The van der Waals surface area contributed by atoms with Crippen LogP contribution in [0, 0.1) is 27.8 Å². The molecule has 8 heteroatoms. The zero-order valence-electron chi connectivity index (χ0n) is 6.25. The van der Waals surface area contributed by atoms with Gasteiger partial charge in [0.1, 0.15) is 0 Å². The standard InChI is InChI=1S/2C2H4O2.Au.2O.U/c2*1-2(3)4;;;;/h2*1H3,(H,3,4);;;;/q;;;;;+2/p-2. The molecular weight excluding hydrogens is 579 g/mol. The number of rotatable bonds is 0. The minimum absolute atomic E-state index is 0. The molecule has 0 amide bonds. The summed E-state index contributed by atoms with van der Waals surface area (Å²) in [6, 6.07) is 0. The van der Waals surface area contributed by atoms with E-state index in [1.165, 1.54) is 0 Å². The molecule has 0 atom stereocenters. The molecule has 0 heterocycles. The quantitative estimate of drug-likeness (QED) is 0.286. The number of carboxylic acid groups (broad SMARTS) is 2. The molecule has 0 bridgehead atoms. The van der Waals surface area contributed by atoms with E-state index in [9.17, 15) is 0 Å². The summed E-state index contributed by atoms with van der Waals surface area (Å²) in [6.07, 6.45) is 0. The van der Waals surface area contributed by atoms with Gasteiger partial charge in [-0.2, -0.15) is 0 Å². The van der Waals surface area contributed by atoms with Crippen LogP contribution in [0.2, 0.25) is 0 Å². The summed E-state index contributed by atoms with van der Waals surface area (Å²) in [6.45, 7) is 1.94. The first kappa shape index (κ1) is 22.8. The van der Waals surface area contributed by atoms with Crippen molar-refractivity contribution in [2.45, 2.75) is 13.8 Å². The maximum atomic E-state index is 8.89. The van der Waals surface area contributed by atoms with E-state index in [4.69, 9.17) is 24.3 Å². The monoisotopic (exact) mass is 585 g/mol. The summed E-state index contributed by atoms with van der Waals surface area (Å²) in [5.74, 6) is -2.17. The second kappa shape index (κ2) is 22.5. The Balaban J connectivity index is -0.0000000389. The van der Waals surface area contributed by atoms with Crippen LogP contribution in [0.3, 0.4) is 0 Å². The third-order valence-electron chi connectivity index (χ3n) is 0. The fourth-order valence-corrected chi connectivity index (χ4v) is 0. The summed E-state index contributed by atoms with van der Waals surface area (Å²) in [5.41, 5.74) is 0. The fourth-order valence-electron chi connectivity index (χ4n) is 0. The van der Waals surface area contributed by atoms with Gasteiger partial charge in [0.25, 0.3) is 0 Å². The Morgan fingerprint density at radius 2 is 1.00 bits per heavy atom. The van der Waals surface area contributed by atoms with Gasteiger partial charge in [-0.3, -0.25) is 0 Å². The van der Waals surface area contributed by atoms with Crippen molar-refractivity contribution in [1.82, 2.24) is 0 Å². The molecule has 0 aliphatic heterocycles. The van der Waals surface area contributed by atoms with Crippen molar-refractivity contribution in [3.05, 3.63) is 0 Å². The summed E-state index contributed by atoms with van der Waals surface area (Å²) in [7, 11) is 0. The third kappa shape index (κ3) is 8150. The molecule has 0 rings (SSSR count). The number of carbonyl (C=O) groups is 2. The molecule has 0 fully saturated rings. The van der Waals surface area contributed by atoms with E-state index in [-0.39, 0.29) is 22.4 Å². The van der Waals surface area contributed by atoms with Gasteiger partial charge in [0, 0.05) is 34.3 Å². The molecule has 0 aliphatic rings. The Morgan fingerprint density at radius 3 is 1.00 bits per heavy atom. The van der Waals surface area contributed by atoms with E-state index >= 15 is 0 Å². The summed E-state index contributed by atoms with van der Waals surface area (Å²) in [5, 5.41) is 17.8. The number of aliphatic carboxylic acids is 2. The van der Waals surface area contributed by atoms with Gasteiger partial charge in [-0.05, 0) is 13.8 Å². The molecule has 0 N–H and O–H groups in total. The molecule has 6 nitrogen and oxygen atoms in total. The van der Waals surface area contributed by atoms with E-state index in [2.05, 4.69) is 0 Å². The second-order valence-corrected chi connectivity index (χ2v) is 1.76. The first-order valence-corrected chi connectivity index (χ1v) is 5.62. The molecule has 0 aromatic heterocycles. The van der Waals surface area contributed by atoms with Crippen molar-refractivity contribution in [3.63, 3.8) is 0 Å². The minimum atomic E-state index is -2.51. The van der Waals surface area contributed by atoms with Gasteiger partial charge < -0.3 is 19.8 Å².